The number of amides is 3. The minimum absolute atomic E-state index is 0.164. The number of nitrogens with zero attached hydrogens (tertiary/aromatic N) is 2. The van der Waals surface area contributed by atoms with E-state index in [2.05, 4.69) is 20.9 Å². The first-order chi connectivity index (χ1) is 15.1. The van der Waals surface area contributed by atoms with Crippen molar-refractivity contribution in [2.75, 3.05) is 18.4 Å². The van der Waals surface area contributed by atoms with Crippen LogP contribution in [0.25, 0.3) is 0 Å². The third kappa shape index (κ3) is 3.93. The highest BCUT2D eigenvalue weighted by Crippen LogP contribution is 2.29. The average molecular weight is 423 g/mol. The van der Waals surface area contributed by atoms with E-state index in [1.165, 1.54) is 0 Å². The van der Waals surface area contributed by atoms with Gasteiger partial charge >= 0.3 is 0 Å². The van der Waals surface area contributed by atoms with Gasteiger partial charge in [-0.1, -0.05) is 12.1 Å². The van der Waals surface area contributed by atoms with Crippen molar-refractivity contribution in [2.24, 2.45) is 0 Å². The Kier molecular flexibility index (Phi) is 5.19. The van der Waals surface area contributed by atoms with E-state index in [0.29, 0.717) is 37.0 Å². The second kappa shape index (κ2) is 8.14. The molecule has 3 aliphatic heterocycles. The smallest absolute Gasteiger partial charge is 0.295 e. The topological polar surface area (TPSA) is 117 Å². The highest BCUT2D eigenvalue weighted by atomic mass is 16.4. The van der Waals surface area contributed by atoms with Crippen molar-refractivity contribution in [3.05, 3.63) is 46.8 Å². The number of fused-ring (bicyclic) bond motifs is 1. The minimum Gasteiger partial charge on any atom is -0.432 e. The lowest BCUT2D eigenvalue weighted by Crippen LogP contribution is -2.52. The molecule has 3 N–H and O–H groups in total. The molecule has 2 saturated heterocycles. The van der Waals surface area contributed by atoms with Crippen LogP contribution in [0.4, 0.5) is 6.01 Å². The van der Waals surface area contributed by atoms with E-state index >= 15 is 0 Å². The van der Waals surface area contributed by atoms with E-state index in [4.69, 9.17) is 4.42 Å². The molecule has 9 heteroatoms. The summed E-state index contributed by atoms with van der Waals surface area (Å²) in [6, 6.07) is 5.57. The molecule has 0 radical (unpaired) electrons. The molecule has 5 rings (SSSR count). The Morgan fingerprint density at radius 3 is 2.81 bits per heavy atom. The standard InChI is InChI=1S/C22H25N5O4/c28-19-4-3-18(20(29)26-19)27-11-15-9-13(1-2-16(15)21(27)30)10-24-22-25-17(12-31-22)14-5-7-23-8-6-14/h1-2,9,12,14,18,23H,3-8,10-11H2,(H,24,25)(H,26,28,29). The molecule has 2 fully saturated rings. The summed E-state index contributed by atoms with van der Waals surface area (Å²) in [4.78, 5) is 42.5. The number of oxazole rings is 1. The van der Waals surface area contributed by atoms with Gasteiger partial charge in [-0.3, -0.25) is 19.7 Å². The van der Waals surface area contributed by atoms with Crippen molar-refractivity contribution < 1.29 is 18.8 Å². The van der Waals surface area contributed by atoms with Gasteiger partial charge in [-0.15, -0.1) is 0 Å². The van der Waals surface area contributed by atoms with Crippen molar-refractivity contribution in [1.29, 1.82) is 0 Å². The molecule has 1 unspecified atom stereocenters. The quantitative estimate of drug-likeness (QED) is 0.624. The fourth-order valence-corrected chi connectivity index (χ4v) is 4.59. The lowest BCUT2D eigenvalue weighted by Gasteiger charge is -2.29. The van der Waals surface area contributed by atoms with Crippen LogP contribution in [0, 0.1) is 0 Å². The van der Waals surface area contributed by atoms with Crippen LogP contribution in [0.15, 0.2) is 28.9 Å². The molecule has 0 aliphatic carbocycles. The Bertz CT molecular complexity index is 1030. The molecule has 0 spiro atoms. The zero-order valence-corrected chi connectivity index (χ0v) is 17.1. The second-order valence-corrected chi connectivity index (χ2v) is 8.35. The van der Waals surface area contributed by atoms with E-state index in [1.54, 1.807) is 17.2 Å². The third-order valence-corrected chi connectivity index (χ3v) is 6.31. The number of hydrogen-bond donors (Lipinski definition) is 3. The number of imide groups is 1. The number of piperidine rings is 2. The highest BCUT2D eigenvalue weighted by Gasteiger charge is 2.39. The predicted octanol–water partition coefficient (Wildman–Crippen LogP) is 1.51. The van der Waals surface area contributed by atoms with Gasteiger partial charge in [0, 0.05) is 31.0 Å². The number of carbonyl (C=O) groups excluding carboxylic acids is 3. The van der Waals surface area contributed by atoms with Crippen molar-refractivity contribution in [3.8, 4) is 0 Å². The van der Waals surface area contributed by atoms with Crippen molar-refractivity contribution in [3.63, 3.8) is 0 Å². The fourth-order valence-electron chi connectivity index (χ4n) is 4.59. The van der Waals surface area contributed by atoms with Gasteiger partial charge in [0.05, 0.1) is 5.69 Å². The van der Waals surface area contributed by atoms with Gasteiger partial charge in [0.2, 0.25) is 11.8 Å². The summed E-state index contributed by atoms with van der Waals surface area (Å²) in [5.41, 5.74) is 3.48. The number of anilines is 1. The van der Waals surface area contributed by atoms with Crippen LogP contribution in [0.1, 0.15) is 58.8 Å². The Morgan fingerprint density at radius 1 is 1.16 bits per heavy atom. The highest BCUT2D eigenvalue weighted by molar-refractivity contribution is 6.05. The van der Waals surface area contributed by atoms with E-state index < -0.39 is 11.9 Å². The molecular formula is C22H25N5O4. The van der Waals surface area contributed by atoms with Gasteiger partial charge in [-0.2, -0.15) is 4.98 Å². The van der Waals surface area contributed by atoms with E-state index in [0.717, 1.165) is 42.8 Å². The second-order valence-electron chi connectivity index (χ2n) is 8.35. The SMILES string of the molecule is O=C1CCC(N2Cc3cc(CNc4nc(C5CCNCC5)co4)ccc3C2=O)C(=O)N1. The summed E-state index contributed by atoms with van der Waals surface area (Å²) in [6.45, 7) is 2.90. The molecular weight excluding hydrogens is 398 g/mol. The zero-order valence-electron chi connectivity index (χ0n) is 17.1. The normalized spacial score (nSPS) is 21.9. The molecule has 0 saturated carbocycles. The van der Waals surface area contributed by atoms with E-state index in [9.17, 15) is 14.4 Å². The third-order valence-electron chi connectivity index (χ3n) is 6.31. The van der Waals surface area contributed by atoms with Crippen molar-refractivity contribution in [2.45, 2.75) is 50.7 Å². The summed E-state index contributed by atoms with van der Waals surface area (Å²) in [5, 5.41) is 8.89. The van der Waals surface area contributed by atoms with Gasteiger partial charge in [-0.05, 0) is 49.5 Å². The molecule has 0 bridgehead atoms. The molecule has 3 amide bonds. The number of hydrogen-bond acceptors (Lipinski definition) is 7. The monoisotopic (exact) mass is 423 g/mol. The Balaban J connectivity index is 1.23. The summed E-state index contributed by atoms with van der Waals surface area (Å²) in [5.74, 6) is -0.408. The molecule has 2 aromatic rings. The van der Waals surface area contributed by atoms with Crippen LogP contribution in [-0.2, 0) is 22.7 Å². The van der Waals surface area contributed by atoms with Crippen LogP contribution >= 0.6 is 0 Å². The summed E-state index contributed by atoms with van der Waals surface area (Å²) < 4.78 is 5.59. The van der Waals surface area contributed by atoms with Crippen LogP contribution < -0.4 is 16.0 Å². The van der Waals surface area contributed by atoms with Crippen molar-refractivity contribution in [1.82, 2.24) is 20.5 Å². The molecule has 9 nitrogen and oxygen atoms in total. The van der Waals surface area contributed by atoms with Gasteiger partial charge < -0.3 is 20.0 Å². The maximum absolute atomic E-state index is 12.8. The number of aromatic nitrogens is 1. The van der Waals surface area contributed by atoms with Gasteiger partial charge in [0.15, 0.2) is 0 Å². The first-order valence-corrected chi connectivity index (χ1v) is 10.7. The largest absolute Gasteiger partial charge is 0.432 e. The van der Waals surface area contributed by atoms with E-state index in [1.807, 2.05) is 12.1 Å². The Labute approximate surface area is 179 Å². The first-order valence-electron chi connectivity index (χ1n) is 10.7. The van der Waals surface area contributed by atoms with Crippen molar-refractivity contribution >= 4 is 23.7 Å². The van der Waals surface area contributed by atoms with Gasteiger partial charge in [0.25, 0.3) is 11.9 Å². The van der Waals surface area contributed by atoms with Gasteiger partial charge in [-0.25, -0.2) is 0 Å². The van der Waals surface area contributed by atoms with E-state index in [-0.39, 0.29) is 18.2 Å². The molecule has 162 valence electrons. The summed E-state index contributed by atoms with van der Waals surface area (Å²) in [7, 11) is 0. The van der Waals surface area contributed by atoms with Crippen LogP contribution in [-0.4, -0.2) is 46.7 Å². The van der Waals surface area contributed by atoms with Gasteiger partial charge in [0.1, 0.15) is 12.3 Å². The molecule has 1 aromatic carbocycles. The Morgan fingerprint density at radius 2 is 2.00 bits per heavy atom. The summed E-state index contributed by atoms with van der Waals surface area (Å²) >= 11 is 0. The zero-order chi connectivity index (χ0) is 21.4. The number of nitrogens with one attached hydrogen (secondary N) is 3. The minimum atomic E-state index is -0.597. The molecule has 1 atom stereocenters. The van der Waals surface area contributed by atoms with Crippen LogP contribution in [0.3, 0.4) is 0 Å². The maximum Gasteiger partial charge on any atom is 0.295 e. The molecule has 4 heterocycles. The van der Waals surface area contributed by atoms with Crippen LogP contribution in [0.2, 0.25) is 0 Å². The number of rotatable bonds is 5. The molecule has 31 heavy (non-hydrogen) atoms. The lowest BCUT2D eigenvalue weighted by molar-refractivity contribution is -0.136. The van der Waals surface area contributed by atoms with Crippen LogP contribution in [0.5, 0.6) is 0 Å². The molecule has 3 aliphatic rings. The average Bonchev–Trinajstić information content (AvgIpc) is 3.38. The lowest BCUT2D eigenvalue weighted by atomic mass is 9.95. The first kappa shape index (κ1) is 19.7. The number of carbonyl (C=O) groups is 3. The molecule has 1 aromatic heterocycles. The Hall–Kier alpha value is -3.20. The predicted molar refractivity (Wildman–Crippen MR) is 111 cm³/mol. The number of benzene rings is 1. The maximum atomic E-state index is 12.8. The fraction of sp³-hybridized carbons (Fsp3) is 0.455. The summed E-state index contributed by atoms with van der Waals surface area (Å²) in [6.07, 6.45) is 4.48.